The Hall–Kier alpha value is -1.79. The van der Waals surface area contributed by atoms with Gasteiger partial charge in [0.05, 0.1) is 7.11 Å². The van der Waals surface area contributed by atoms with Crippen LogP contribution in [0.4, 0.5) is 0 Å². The number of hydrogen-bond donors (Lipinski definition) is 2. The van der Waals surface area contributed by atoms with Crippen molar-refractivity contribution in [2.45, 2.75) is 32.7 Å². The molecule has 6 heteroatoms. The lowest BCUT2D eigenvalue weighted by Gasteiger charge is -2.31. The van der Waals surface area contributed by atoms with Gasteiger partial charge >= 0.3 is 0 Å². The molecule has 6 nitrogen and oxygen atoms in total. The zero-order valence-electron chi connectivity index (χ0n) is 16.2. The third-order valence-electron chi connectivity index (χ3n) is 4.77. The average molecular weight is 363 g/mol. The maximum atomic E-state index is 5.94. The first kappa shape index (κ1) is 20.5. The highest BCUT2D eigenvalue weighted by Gasteiger charge is 2.19. The Morgan fingerprint density at radius 1 is 1.27 bits per heavy atom. The Morgan fingerprint density at radius 3 is 2.65 bits per heavy atom. The molecule has 0 bridgehead atoms. The number of hydrogen-bond acceptors (Lipinski definition) is 4. The summed E-state index contributed by atoms with van der Waals surface area (Å²) >= 11 is 0. The number of piperidine rings is 1. The number of methoxy groups -OCH3 is 1. The molecule has 1 aromatic rings. The van der Waals surface area contributed by atoms with Crippen molar-refractivity contribution < 1.29 is 9.47 Å². The van der Waals surface area contributed by atoms with Crippen LogP contribution in [0.15, 0.2) is 29.3 Å². The normalized spacial score (nSPS) is 16.6. The molecule has 0 spiro atoms. The monoisotopic (exact) mass is 362 g/mol. The first-order valence-electron chi connectivity index (χ1n) is 9.68. The molecule has 1 aromatic carbocycles. The highest BCUT2D eigenvalue weighted by molar-refractivity contribution is 5.77. The lowest BCUT2D eigenvalue weighted by Crippen LogP contribution is -2.36. The topological polar surface area (TPSA) is 72.1 Å². The molecule has 1 aliphatic heterocycles. The second-order valence-electron chi connectivity index (χ2n) is 6.77. The van der Waals surface area contributed by atoms with Crippen LogP contribution in [-0.2, 0) is 11.3 Å². The van der Waals surface area contributed by atoms with Crippen molar-refractivity contribution in [3.63, 3.8) is 0 Å². The van der Waals surface area contributed by atoms with Gasteiger partial charge in [0.2, 0.25) is 0 Å². The fourth-order valence-electron chi connectivity index (χ4n) is 3.13. The van der Waals surface area contributed by atoms with Gasteiger partial charge in [-0.1, -0.05) is 12.1 Å². The number of guanidine groups is 1. The van der Waals surface area contributed by atoms with Crippen LogP contribution in [0.2, 0.25) is 0 Å². The Kier molecular flexibility index (Phi) is 9.28. The van der Waals surface area contributed by atoms with E-state index in [2.05, 4.69) is 27.3 Å². The smallest absolute Gasteiger partial charge is 0.188 e. The third kappa shape index (κ3) is 7.62. The summed E-state index contributed by atoms with van der Waals surface area (Å²) in [5, 5.41) is 3.16. The fraction of sp³-hybridized carbons (Fsp3) is 0.650. The van der Waals surface area contributed by atoms with Gasteiger partial charge in [0.15, 0.2) is 5.96 Å². The Labute approximate surface area is 157 Å². The lowest BCUT2D eigenvalue weighted by molar-refractivity contribution is 0.145. The van der Waals surface area contributed by atoms with Crippen molar-refractivity contribution in [3.8, 4) is 5.75 Å². The largest absolute Gasteiger partial charge is 0.497 e. The SMILES string of the molecule is CCOCCCNC(N)=NCC1CCN(Cc2ccc(OC)cc2)CC1. The van der Waals surface area contributed by atoms with E-state index >= 15 is 0 Å². The van der Waals surface area contributed by atoms with Gasteiger partial charge in [-0.3, -0.25) is 9.89 Å². The molecule has 0 aliphatic carbocycles. The molecule has 0 saturated carbocycles. The second-order valence-corrected chi connectivity index (χ2v) is 6.77. The van der Waals surface area contributed by atoms with Gasteiger partial charge < -0.3 is 20.5 Å². The van der Waals surface area contributed by atoms with Gasteiger partial charge in [-0.25, -0.2) is 0 Å². The Morgan fingerprint density at radius 2 is 2.00 bits per heavy atom. The average Bonchev–Trinajstić information content (AvgIpc) is 2.68. The molecule has 26 heavy (non-hydrogen) atoms. The van der Waals surface area contributed by atoms with E-state index in [9.17, 15) is 0 Å². The summed E-state index contributed by atoms with van der Waals surface area (Å²) in [6, 6.07) is 8.35. The molecule has 1 fully saturated rings. The van der Waals surface area contributed by atoms with Gasteiger partial charge in [0, 0.05) is 32.8 Å². The Bertz CT molecular complexity index is 525. The maximum absolute atomic E-state index is 5.94. The van der Waals surface area contributed by atoms with Crippen molar-refractivity contribution in [3.05, 3.63) is 29.8 Å². The van der Waals surface area contributed by atoms with Crippen LogP contribution in [0.5, 0.6) is 5.75 Å². The molecule has 3 N–H and O–H groups in total. The molecule has 0 atom stereocenters. The number of aliphatic imine (C=N–C) groups is 1. The number of nitrogens with one attached hydrogen (secondary N) is 1. The molecule has 0 amide bonds. The van der Waals surface area contributed by atoms with Gasteiger partial charge in [0.25, 0.3) is 0 Å². The summed E-state index contributed by atoms with van der Waals surface area (Å²) in [6.07, 6.45) is 3.31. The third-order valence-corrected chi connectivity index (χ3v) is 4.77. The molecule has 1 saturated heterocycles. The predicted octanol–water partition coefficient (Wildman–Crippen LogP) is 2.24. The summed E-state index contributed by atoms with van der Waals surface area (Å²) in [4.78, 5) is 7.02. The quantitative estimate of drug-likeness (QED) is 0.379. The zero-order valence-corrected chi connectivity index (χ0v) is 16.2. The van der Waals surface area contributed by atoms with Crippen LogP contribution in [0, 0.1) is 5.92 Å². The first-order chi connectivity index (χ1) is 12.7. The van der Waals surface area contributed by atoms with E-state index in [-0.39, 0.29) is 0 Å². The van der Waals surface area contributed by atoms with Gasteiger partial charge in [-0.2, -0.15) is 0 Å². The lowest BCUT2D eigenvalue weighted by atomic mass is 9.96. The minimum absolute atomic E-state index is 0.558. The molecule has 2 rings (SSSR count). The number of likely N-dealkylation sites (tertiary alicyclic amines) is 1. The van der Waals surface area contributed by atoms with Crippen LogP contribution in [-0.4, -0.2) is 57.4 Å². The fourth-order valence-corrected chi connectivity index (χ4v) is 3.13. The minimum Gasteiger partial charge on any atom is -0.497 e. The van der Waals surface area contributed by atoms with E-state index in [0.29, 0.717) is 11.9 Å². The van der Waals surface area contributed by atoms with E-state index in [1.807, 2.05) is 19.1 Å². The van der Waals surface area contributed by atoms with Gasteiger partial charge in [-0.15, -0.1) is 0 Å². The summed E-state index contributed by atoms with van der Waals surface area (Å²) < 4.78 is 10.5. The molecule has 0 radical (unpaired) electrons. The summed E-state index contributed by atoms with van der Waals surface area (Å²) in [7, 11) is 1.70. The van der Waals surface area contributed by atoms with Crippen molar-refractivity contribution in [2.24, 2.45) is 16.6 Å². The molecule has 1 heterocycles. The van der Waals surface area contributed by atoms with E-state index in [1.54, 1.807) is 7.11 Å². The molecule has 0 aromatic heterocycles. The molecule has 1 aliphatic rings. The van der Waals surface area contributed by atoms with Gasteiger partial charge in [0.1, 0.15) is 5.75 Å². The number of nitrogens with zero attached hydrogens (tertiary/aromatic N) is 2. The molecular weight excluding hydrogens is 328 g/mol. The van der Waals surface area contributed by atoms with E-state index < -0.39 is 0 Å². The minimum atomic E-state index is 0.558. The van der Waals surface area contributed by atoms with Crippen molar-refractivity contribution >= 4 is 5.96 Å². The molecular formula is C20H34N4O2. The van der Waals surface area contributed by atoms with Crippen LogP contribution in [0.25, 0.3) is 0 Å². The number of rotatable bonds is 10. The standard InChI is InChI=1S/C20H34N4O2/c1-3-26-14-4-11-22-20(21)23-15-17-9-12-24(13-10-17)16-18-5-7-19(25-2)8-6-18/h5-8,17H,3-4,9-16H2,1-2H3,(H3,21,22,23). The zero-order chi connectivity index (χ0) is 18.6. The van der Waals surface area contributed by atoms with Crippen LogP contribution in [0.3, 0.4) is 0 Å². The molecule has 146 valence electrons. The van der Waals surface area contributed by atoms with Crippen LogP contribution < -0.4 is 15.8 Å². The number of ether oxygens (including phenoxy) is 2. The predicted molar refractivity (Wildman–Crippen MR) is 107 cm³/mol. The molecule has 0 unspecified atom stereocenters. The van der Waals surface area contributed by atoms with E-state index in [4.69, 9.17) is 15.2 Å². The second kappa shape index (κ2) is 11.8. The van der Waals surface area contributed by atoms with Crippen molar-refractivity contribution in [1.82, 2.24) is 10.2 Å². The van der Waals surface area contributed by atoms with Crippen LogP contribution >= 0.6 is 0 Å². The summed E-state index contributed by atoms with van der Waals surface area (Å²) in [6.45, 7) is 8.41. The summed E-state index contributed by atoms with van der Waals surface area (Å²) in [5.74, 6) is 2.10. The number of nitrogens with two attached hydrogens (primary N) is 1. The highest BCUT2D eigenvalue weighted by Crippen LogP contribution is 2.20. The maximum Gasteiger partial charge on any atom is 0.188 e. The Balaban J connectivity index is 1.62. The highest BCUT2D eigenvalue weighted by atomic mass is 16.5. The van der Waals surface area contributed by atoms with Crippen molar-refractivity contribution in [1.29, 1.82) is 0 Å². The number of benzene rings is 1. The van der Waals surface area contributed by atoms with E-state index in [1.165, 1.54) is 18.4 Å². The van der Waals surface area contributed by atoms with Gasteiger partial charge in [-0.05, 0) is 62.9 Å². The van der Waals surface area contributed by atoms with E-state index in [0.717, 1.165) is 58.1 Å². The summed E-state index contributed by atoms with van der Waals surface area (Å²) in [5.41, 5.74) is 7.27. The van der Waals surface area contributed by atoms with Crippen LogP contribution in [0.1, 0.15) is 31.7 Å². The first-order valence-corrected chi connectivity index (χ1v) is 9.68. The van der Waals surface area contributed by atoms with Crippen molar-refractivity contribution in [2.75, 3.05) is 46.5 Å².